The second kappa shape index (κ2) is 6.55. The molecule has 3 aromatic rings. The number of hydrogen-bond donors (Lipinski definition) is 1. The molecule has 1 aromatic carbocycles. The van der Waals surface area contributed by atoms with E-state index >= 15 is 0 Å². The van der Waals surface area contributed by atoms with Crippen LogP contribution in [-0.4, -0.2) is 26.5 Å². The number of rotatable bonds is 4. The van der Waals surface area contributed by atoms with Crippen molar-refractivity contribution >= 4 is 46.0 Å². The molecule has 2 aromatic heterocycles. The summed E-state index contributed by atoms with van der Waals surface area (Å²) in [5.74, 6) is 0.168. The number of thioether (sulfide) groups is 1. The summed E-state index contributed by atoms with van der Waals surface area (Å²) in [5, 5.41) is 11.3. The number of aryl methyl sites for hydroxylation is 1. The van der Waals surface area contributed by atoms with Crippen LogP contribution in [0, 0.1) is 6.92 Å². The molecular formula is C15H13ClN4O2S. The fraction of sp³-hybridized carbons (Fsp3) is 0.200. The van der Waals surface area contributed by atoms with Gasteiger partial charge in [-0.3, -0.25) is 9.78 Å². The van der Waals surface area contributed by atoms with Gasteiger partial charge in [0.15, 0.2) is 5.82 Å². The van der Waals surface area contributed by atoms with Gasteiger partial charge in [-0.25, -0.2) is 4.63 Å². The minimum absolute atomic E-state index is 0.173. The lowest BCUT2D eigenvalue weighted by Crippen LogP contribution is -2.23. The van der Waals surface area contributed by atoms with E-state index in [1.807, 2.05) is 25.1 Å². The number of carbonyl (C=O) groups is 1. The van der Waals surface area contributed by atoms with Crippen LogP contribution in [0.3, 0.4) is 0 Å². The van der Waals surface area contributed by atoms with Gasteiger partial charge in [0.05, 0.1) is 10.8 Å². The Morgan fingerprint density at radius 2 is 2.17 bits per heavy atom. The Labute approximate surface area is 141 Å². The van der Waals surface area contributed by atoms with Crippen molar-refractivity contribution in [3.63, 3.8) is 0 Å². The predicted molar refractivity (Wildman–Crippen MR) is 89.7 cm³/mol. The number of pyridine rings is 1. The van der Waals surface area contributed by atoms with Gasteiger partial charge in [0.25, 0.3) is 0 Å². The number of halogens is 1. The van der Waals surface area contributed by atoms with Gasteiger partial charge in [-0.15, -0.1) is 11.8 Å². The maximum atomic E-state index is 12.3. The maximum absolute atomic E-state index is 12.3. The van der Waals surface area contributed by atoms with E-state index in [1.165, 1.54) is 11.8 Å². The molecule has 1 unspecified atom stereocenters. The molecular weight excluding hydrogens is 336 g/mol. The first-order valence-corrected chi connectivity index (χ1v) is 8.11. The summed E-state index contributed by atoms with van der Waals surface area (Å²) in [5.41, 5.74) is 1.34. The summed E-state index contributed by atoms with van der Waals surface area (Å²) in [6.45, 7) is 3.54. The SMILES string of the molecule is Cc1nonc1NC(=O)C(C)Sc1ccnc2cc(Cl)ccc12. The van der Waals surface area contributed by atoms with Crippen molar-refractivity contribution in [3.05, 3.63) is 41.2 Å². The number of nitrogens with zero attached hydrogens (tertiary/aromatic N) is 3. The third-order valence-electron chi connectivity index (χ3n) is 3.23. The summed E-state index contributed by atoms with van der Waals surface area (Å²) in [6, 6.07) is 7.40. The number of carbonyl (C=O) groups excluding carboxylic acids is 1. The van der Waals surface area contributed by atoms with Crippen LogP contribution < -0.4 is 5.32 Å². The molecule has 0 radical (unpaired) electrons. The van der Waals surface area contributed by atoms with Crippen LogP contribution in [0.5, 0.6) is 0 Å². The van der Waals surface area contributed by atoms with Gasteiger partial charge in [-0.05, 0) is 37.2 Å². The lowest BCUT2D eigenvalue weighted by atomic mass is 10.2. The third-order valence-corrected chi connectivity index (χ3v) is 4.64. The van der Waals surface area contributed by atoms with E-state index in [2.05, 4.69) is 25.2 Å². The van der Waals surface area contributed by atoms with Gasteiger partial charge in [0.2, 0.25) is 5.91 Å². The largest absolute Gasteiger partial charge is 0.305 e. The first-order chi connectivity index (χ1) is 11.0. The van der Waals surface area contributed by atoms with E-state index in [4.69, 9.17) is 11.6 Å². The minimum Gasteiger partial charge on any atom is -0.305 e. The number of amides is 1. The molecule has 3 rings (SSSR count). The fourth-order valence-electron chi connectivity index (χ4n) is 2.01. The highest BCUT2D eigenvalue weighted by Crippen LogP contribution is 2.31. The quantitative estimate of drug-likeness (QED) is 0.724. The van der Waals surface area contributed by atoms with E-state index in [0.717, 1.165) is 15.8 Å². The van der Waals surface area contributed by atoms with Crippen molar-refractivity contribution in [2.24, 2.45) is 0 Å². The molecule has 0 bridgehead atoms. The Kier molecular flexibility index (Phi) is 4.49. The zero-order valence-electron chi connectivity index (χ0n) is 12.4. The first-order valence-electron chi connectivity index (χ1n) is 6.85. The highest BCUT2D eigenvalue weighted by Gasteiger charge is 2.18. The first kappa shape index (κ1) is 15.8. The zero-order valence-corrected chi connectivity index (χ0v) is 14.0. The molecule has 0 aliphatic rings. The van der Waals surface area contributed by atoms with Gasteiger partial charge in [-0.1, -0.05) is 22.8 Å². The lowest BCUT2D eigenvalue weighted by molar-refractivity contribution is -0.115. The standard InChI is InChI=1S/C15H13ClN4O2S/c1-8-14(20-22-19-8)18-15(21)9(2)23-13-5-6-17-12-7-10(16)3-4-11(12)13/h3-7,9H,1-2H3,(H,18,20,21). The van der Waals surface area contributed by atoms with Crippen molar-refractivity contribution in [3.8, 4) is 0 Å². The van der Waals surface area contributed by atoms with Crippen LogP contribution in [0.15, 0.2) is 40.0 Å². The molecule has 2 heterocycles. The summed E-state index contributed by atoms with van der Waals surface area (Å²) < 4.78 is 4.57. The molecule has 8 heteroatoms. The molecule has 23 heavy (non-hydrogen) atoms. The van der Waals surface area contributed by atoms with E-state index in [1.54, 1.807) is 19.2 Å². The van der Waals surface area contributed by atoms with E-state index < -0.39 is 0 Å². The minimum atomic E-state index is -0.327. The molecule has 0 saturated carbocycles. The van der Waals surface area contributed by atoms with Crippen molar-refractivity contribution in [2.75, 3.05) is 5.32 Å². The number of fused-ring (bicyclic) bond motifs is 1. The number of nitrogens with one attached hydrogen (secondary N) is 1. The van der Waals surface area contributed by atoms with Gasteiger partial charge >= 0.3 is 0 Å². The average Bonchev–Trinajstić information content (AvgIpc) is 2.92. The lowest BCUT2D eigenvalue weighted by Gasteiger charge is -2.12. The van der Waals surface area contributed by atoms with Crippen molar-refractivity contribution in [1.29, 1.82) is 0 Å². The molecule has 0 fully saturated rings. The summed E-state index contributed by atoms with van der Waals surface area (Å²) >= 11 is 7.43. The molecule has 6 nitrogen and oxygen atoms in total. The second-order valence-electron chi connectivity index (χ2n) is 4.92. The molecule has 1 N–H and O–H groups in total. The number of benzene rings is 1. The molecule has 1 atom stereocenters. The Morgan fingerprint density at radius 3 is 2.91 bits per heavy atom. The maximum Gasteiger partial charge on any atom is 0.238 e. The molecule has 0 aliphatic carbocycles. The normalized spacial score (nSPS) is 12.3. The Balaban J connectivity index is 1.78. The summed E-state index contributed by atoms with van der Waals surface area (Å²) in [7, 11) is 0. The summed E-state index contributed by atoms with van der Waals surface area (Å²) in [4.78, 5) is 17.5. The van der Waals surface area contributed by atoms with E-state index in [-0.39, 0.29) is 11.2 Å². The van der Waals surface area contributed by atoms with Gasteiger partial charge in [0, 0.05) is 21.5 Å². The average molecular weight is 349 g/mol. The zero-order chi connectivity index (χ0) is 16.4. The summed E-state index contributed by atoms with van der Waals surface area (Å²) in [6.07, 6.45) is 1.71. The highest BCUT2D eigenvalue weighted by molar-refractivity contribution is 8.00. The Bertz CT molecular complexity index is 868. The van der Waals surface area contributed by atoms with Crippen molar-refractivity contribution < 1.29 is 9.42 Å². The fourth-order valence-corrected chi connectivity index (χ4v) is 3.16. The topological polar surface area (TPSA) is 80.9 Å². The van der Waals surface area contributed by atoms with Crippen LogP contribution in [-0.2, 0) is 4.79 Å². The highest BCUT2D eigenvalue weighted by atomic mass is 35.5. The molecule has 1 amide bonds. The molecule has 0 spiro atoms. The van der Waals surface area contributed by atoms with E-state index in [0.29, 0.717) is 16.5 Å². The van der Waals surface area contributed by atoms with Gasteiger partial charge < -0.3 is 5.32 Å². The van der Waals surface area contributed by atoms with Crippen molar-refractivity contribution in [2.45, 2.75) is 24.0 Å². The van der Waals surface area contributed by atoms with Crippen LogP contribution in [0.4, 0.5) is 5.82 Å². The van der Waals surface area contributed by atoms with Crippen molar-refractivity contribution in [1.82, 2.24) is 15.3 Å². The second-order valence-corrected chi connectivity index (χ2v) is 6.74. The Hall–Kier alpha value is -2.12. The third kappa shape index (κ3) is 3.46. The predicted octanol–water partition coefficient (Wildman–Crippen LogP) is 3.70. The van der Waals surface area contributed by atoms with Gasteiger partial charge in [-0.2, -0.15) is 0 Å². The van der Waals surface area contributed by atoms with Crippen LogP contribution in [0.2, 0.25) is 5.02 Å². The Morgan fingerprint density at radius 1 is 1.35 bits per heavy atom. The molecule has 118 valence electrons. The van der Waals surface area contributed by atoms with Gasteiger partial charge in [0.1, 0.15) is 5.69 Å². The monoisotopic (exact) mass is 348 g/mol. The number of aromatic nitrogens is 3. The van der Waals surface area contributed by atoms with Crippen LogP contribution in [0.25, 0.3) is 10.9 Å². The molecule has 0 saturated heterocycles. The van der Waals surface area contributed by atoms with Crippen LogP contribution >= 0.6 is 23.4 Å². The number of anilines is 1. The molecule has 0 aliphatic heterocycles. The van der Waals surface area contributed by atoms with E-state index in [9.17, 15) is 4.79 Å². The van der Waals surface area contributed by atoms with Crippen LogP contribution in [0.1, 0.15) is 12.6 Å². The smallest absolute Gasteiger partial charge is 0.238 e. The number of hydrogen-bond acceptors (Lipinski definition) is 6.